The molecule has 0 aliphatic heterocycles. The topological polar surface area (TPSA) is 98.5 Å². The second-order valence-corrected chi connectivity index (χ2v) is 1.97. The summed E-state index contributed by atoms with van der Waals surface area (Å²) >= 11 is 0. The molecule has 0 aromatic carbocycles. The Balaban J connectivity index is 3.87. The van der Waals surface area contributed by atoms with E-state index < -0.39 is 18.0 Å². The molecule has 0 aliphatic rings. The molecule has 0 unspecified atom stereocenters. The molecule has 0 heterocycles. The number of primary amides is 1. The van der Waals surface area contributed by atoms with Crippen LogP contribution in [0.15, 0.2) is 12.2 Å². The summed E-state index contributed by atoms with van der Waals surface area (Å²) in [6.45, 7) is 2.02. The molecule has 6 heteroatoms. The smallest absolute Gasteiger partial charge is 0.373 e. The molecular formula is C7H10N2O4. The van der Waals surface area contributed by atoms with Crippen molar-refractivity contribution in [1.82, 2.24) is 5.32 Å². The van der Waals surface area contributed by atoms with E-state index in [9.17, 15) is 14.4 Å². The highest BCUT2D eigenvalue weighted by molar-refractivity contribution is 5.97. The molecule has 6 nitrogen and oxygen atoms in total. The van der Waals surface area contributed by atoms with Crippen LogP contribution in [0.5, 0.6) is 0 Å². The van der Waals surface area contributed by atoms with Crippen LogP contribution in [0.1, 0.15) is 6.92 Å². The minimum atomic E-state index is -0.940. The van der Waals surface area contributed by atoms with Crippen LogP contribution in [0.25, 0.3) is 0 Å². The monoisotopic (exact) mass is 186 g/mol. The van der Waals surface area contributed by atoms with Crippen molar-refractivity contribution in [2.24, 2.45) is 5.73 Å². The van der Waals surface area contributed by atoms with E-state index in [1.807, 2.05) is 0 Å². The molecule has 72 valence electrons. The van der Waals surface area contributed by atoms with E-state index in [2.05, 4.69) is 10.1 Å². The van der Waals surface area contributed by atoms with Crippen LogP contribution in [0.2, 0.25) is 0 Å². The Morgan fingerprint density at radius 1 is 1.38 bits per heavy atom. The van der Waals surface area contributed by atoms with E-state index in [4.69, 9.17) is 5.73 Å². The number of nitrogens with one attached hydrogen (secondary N) is 1. The minimum Gasteiger partial charge on any atom is -0.373 e. The van der Waals surface area contributed by atoms with E-state index in [1.165, 1.54) is 0 Å². The highest BCUT2D eigenvalue weighted by atomic mass is 16.6. The van der Waals surface area contributed by atoms with E-state index in [0.29, 0.717) is 6.54 Å². The molecule has 0 aromatic rings. The van der Waals surface area contributed by atoms with Crippen molar-refractivity contribution in [3.05, 3.63) is 12.2 Å². The second kappa shape index (κ2) is 5.76. The number of esters is 1. The second-order valence-electron chi connectivity index (χ2n) is 1.97. The Bertz CT molecular complexity index is 247. The number of carbonyl (C=O) groups excluding carboxylic acids is 3. The quantitative estimate of drug-likeness (QED) is 0.346. The fourth-order valence-electron chi connectivity index (χ4n) is 0.456. The molecule has 0 spiro atoms. The van der Waals surface area contributed by atoms with Crippen LogP contribution in [0.4, 0.5) is 4.79 Å². The number of alkyl carbamates (subject to hydrolysis) is 1. The molecule has 0 saturated heterocycles. The van der Waals surface area contributed by atoms with Crippen molar-refractivity contribution in [3.63, 3.8) is 0 Å². The summed E-state index contributed by atoms with van der Waals surface area (Å²) in [5, 5.41) is 2.23. The lowest BCUT2D eigenvalue weighted by Gasteiger charge is -1.98. The first kappa shape index (κ1) is 11.2. The first-order valence-corrected chi connectivity index (χ1v) is 3.53. The Morgan fingerprint density at radius 3 is 2.46 bits per heavy atom. The van der Waals surface area contributed by atoms with Gasteiger partial charge in [-0.15, -0.1) is 0 Å². The van der Waals surface area contributed by atoms with Gasteiger partial charge in [-0.3, -0.25) is 4.79 Å². The van der Waals surface area contributed by atoms with Crippen molar-refractivity contribution in [2.45, 2.75) is 6.92 Å². The standard InChI is InChI=1S/C7H10N2O4/c1-2-9-7(12)13-6(11)4-3-5(8)10/h3-4H,2H2,1H3,(H2,8,10)(H,9,12)/b4-3-. The van der Waals surface area contributed by atoms with Gasteiger partial charge in [0.25, 0.3) is 0 Å². The lowest BCUT2D eigenvalue weighted by atomic mass is 10.5. The molecule has 0 aromatic heterocycles. The van der Waals surface area contributed by atoms with Crippen molar-refractivity contribution in [2.75, 3.05) is 6.54 Å². The molecule has 13 heavy (non-hydrogen) atoms. The van der Waals surface area contributed by atoms with Gasteiger partial charge in [0.05, 0.1) is 0 Å². The largest absolute Gasteiger partial charge is 0.415 e. The Labute approximate surface area is 74.7 Å². The lowest BCUT2D eigenvalue weighted by molar-refractivity contribution is -0.132. The SMILES string of the molecule is CCNC(=O)OC(=O)/C=C\C(N)=O. The maximum Gasteiger partial charge on any atom is 0.415 e. The first-order valence-electron chi connectivity index (χ1n) is 3.53. The third-order valence-electron chi connectivity index (χ3n) is 0.898. The fourth-order valence-corrected chi connectivity index (χ4v) is 0.456. The number of hydrogen-bond acceptors (Lipinski definition) is 4. The molecule has 0 rings (SSSR count). The average Bonchev–Trinajstić information content (AvgIpc) is 2.01. The van der Waals surface area contributed by atoms with Crippen LogP contribution in [0.3, 0.4) is 0 Å². The van der Waals surface area contributed by atoms with Gasteiger partial charge in [0.2, 0.25) is 5.91 Å². The zero-order valence-electron chi connectivity index (χ0n) is 7.07. The maximum atomic E-state index is 10.7. The predicted molar refractivity (Wildman–Crippen MR) is 43.5 cm³/mol. The van der Waals surface area contributed by atoms with Crippen LogP contribution in [-0.2, 0) is 14.3 Å². The average molecular weight is 186 g/mol. The third-order valence-corrected chi connectivity index (χ3v) is 0.898. The summed E-state index contributed by atoms with van der Waals surface area (Å²) in [5.74, 6) is -1.72. The third kappa shape index (κ3) is 6.54. The van der Waals surface area contributed by atoms with E-state index in [-0.39, 0.29) is 0 Å². The molecule has 0 fully saturated rings. The summed E-state index contributed by atoms with van der Waals surface area (Å²) in [4.78, 5) is 31.4. The fraction of sp³-hybridized carbons (Fsp3) is 0.286. The summed E-state index contributed by atoms with van der Waals surface area (Å²) < 4.78 is 4.16. The van der Waals surface area contributed by atoms with Gasteiger partial charge < -0.3 is 15.8 Å². The molecule has 0 aliphatic carbocycles. The number of carbonyl (C=O) groups is 3. The Morgan fingerprint density at radius 2 is 2.00 bits per heavy atom. The van der Waals surface area contributed by atoms with Crippen molar-refractivity contribution in [3.8, 4) is 0 Å². The summed E-state index contributed by atoms with van der Waals surface area (Å²) in [7, 11) is 0. The number of nitrogens with two attached hydrogens (primary N) is 1. The first-order chi connectivity index (χ1) is 6.06. The van der Waals surface area contributed by atoms with E-state index in [0.717, 1.165) is 12.2 Å². The zero-order chi connectivity index (χ0) is 10.3. The maximum absolute atomic E-state index is 10.7. The number of amides is 2. The van der Waals surface area contributed by atoms with Crippen molar-refractivity contribution in [1.29, 1.82) is 0 Å². The molecule has 2 amide bonds. The zero-order valence-corrected chi connectivity index (χ0v) is 7.07. The van der Waals surface area contributed by atoms with Gasteiger partial charge in [0, 0.05) is 18.7 Å². The van der Waals surface area contributed by atoms with Gasteiger partial charge in [-0.2, -0.15) is 0 Å². The van der Waals surface area contributed by atoms with Crippen molar-refractivity contribution < 1.29 is 19.1 Å². The number of hydrogen-bond donors (Lipinski definition) is 2. The number of ether oxygens (including phenoxy) is 1. The van der Waals surface area contributed by atoms with E-state index >= 15 is 0 Å². The van der Waals surface area contributed by atoms with Gasteiger partial charge in [-0.05, 0) is 6.92 Å². The highest BCUT2D eigenvalue weighted by Crippen LogP contribution is 1.82. The molecule has 0 radical (unpaired) electrons. The summed E-state index contributed by atoms with van der Waals surface area (Å²) in [5.41, 5.74) is 4.70. The predicted octanol–water partition coefficient (Wildman–Crippen LogP) is -0.699. The van der Waals surface area contributed by atoms with Crippen molar-refractivity contribution >= 4 is 18.0 Å². The number of rotatable bonds is 3. The summed E-state index contributed by atoms with van der Waals surface area (Å²) in [6, 6.07) is 0. The minimum absolute atomic E-state index is 0.353. The van der Waals surface area contributed by atoms with Crippen LogP contribution in [-0.4, -0.2) is 24.5 Å². The molecule has 3 N–H and O–H groups in total. The highest BCUT2D eigenvalue weighted by Gasteiger charge is 2.04. The summed E-state index contributed by atoms with van der Waals surface area (Å²) in [6.07, 6.45) is 0.723. The van der Waals surface area contributed by atoms with E-state index in [1.54, 1.807) is 6.92 Å². The Kier molecular flexibility index (Phi) is 4.94. The van der Waals surface area contributed by atoms with Gasteiger partial charge in [-0.1, -0.05) is 0 Å². The normalized spacial score (nSPS) is 9.62. The molecule has 0 atom stereocenters. The van der Waals surface area contributed by atoms with Gasteiger partial charge >= 0.3 is 12.1 Å². The van der Waals surface area contributed by atoms with Gasteiger partial charge in [-0.25, -0.2) is 9.59 Å². The molecule has 0 bridgehead atoms. The van der Waals surface area contributed by atoms with Gasteiger partial charge in [0.1, 0.15) is 0 Å². The Hall–Kier alpha value is -1.85. The van der Waals surface area contributed by atoms with Crippen LogP contribution in [0, 0.1) is 0 Å². The van der Waals surface area contributed by atoms with Crippen LogP contribution < -0.4 is 11.1 Å². The molecule has 0 saturated carbocycles. The van der Waals surface area contributed by atoms with Gasteiger partial charge in [0.15, 0.2) is 0 Å². The van der Waals surface area contributed by atoms with Crippen LogP contribution >= 0.6 is 0 Å². The molecular weight excluding hydrogens is 176 g/mol. The lowest BCUT2D eigenvalue weighted by Crippen LogP contribution is -2.25.